The second-order valence-electron chi connectivity index (χ2n) is 6.00. The van der Waals surface area contributed by atoms with Gasteiger partial charge in [0.15, 0.2) is 0 Å². The Balaban J connectivity index is 1.60. The second kappa shape index (κ2) is 6.06. The molecule has 0 spiro atoms. The lowest BCUT2D eigenvalue weighted by molar-refractivity contribution is 0.180. The van der Waals surface area contributed by atoms with Gasteiger partial charge in [-0.2, -0.15) is 0 Å². The highest BCUT2D eigenvalue weighted by molar-refractivity contribution is 5.27. The molecule has 0 bridgehead atoms. The SMILES string of the molecule is CCc1ccccc1CNC1CCN2CCCCC12. The van der Waals surface area contributed by atoms with Crippen molar-refractivity contribution in [1.82, 2.24) is 10.2 Å². The molecule has 0 aliphatic carbocycles. The van der Waals surface area contributed by atoms with E-state index in [4.69, 9.17) is 0 Å². The van der Waals surface area contributed by atoms with E-state index in [1.54, 1.807) is 0 Å². The summed E-state index contributed by atoms with van der Waals surface area (Å²) in [5.41, 5.74) is 2.98. The van der Waals surface area contributed by atoms with E-state index in [1.165, 1.54) is 49.9 Å². The van der Waals surface area contributed by atoms with E-state index < -0.39 is 0 Å². The predicted octanol–water partition coefficient (Wildman–Crippen LogP) is 2.97. The Bertz CT molecular complexity index is 415. The number of benzene rings is 1. The van der Waals surface area contributed by atoms with Gasteiger partial charge in [-0.05, 0) is 43.4 Å². The molecule has 2 aliphatic rings. The first-order chi connectivity index (χ1) is 9.38. The number of rotatable bonds is 4. The van der Waals surface area contributed by atoms with Crippen molar-refractivity contribution in [2.24, 2.45) is 0 Å². The maximum Gasteiger partial charge on any atom is 0.0249 e. The Morgan fingerprint density at radius 1 is 1.11 bits per heavy atom. The third-order valence-electron chi connectivity index (χ3n) is 4.91. The lowest BCUT2D eigenvalue weighted by atomic mass is 9.98. The molecule has 0 saturated carbocycles. The monoisotopic (exact) mass is 258 g/mol. The van der Waals surface area contributed by atoms with Gasteiger partial charge >= 0.3 is 0 Å². The predicted molar refractivity (Wildman–Crippen MR) is 80.3 cm³/mol. The molecular formula is C17H26N2. The van der Waals surface area contributed by atoms with E-state index in [1.807, 2.05) is 0 Å². The molecule has 104 valence electrons. The molecule has 19 heavy (non-hydrogen) atoms. The first-order valence-corrected chi connectivity index (χ1v) is 7.92. The minimum absolute atomic E-state index is 0.713. The fraction of sp³-hybridized carbons (Fsp3) is 0.647. The largest absolute Gasteiger partial charge is 0.308 e. The van der Waals surface area contributed by atoms with Crippen LogP contribution in [-0.4, -0.2) is 30.1 Å². The lowest BCUT2D eigenvalue weighted by Gasteiger charge is -2.32. The van der Waals surface area contributed by atoms with E-state index in [0.29, 0.717) is 6.04 Å². The van der Waals surface area contributed by atoms with Crippen LogP contribution in [0.3, 0.4) is 0 Å². The van der Waals surface area contributed by atoms with Crippen molar-refractivity contribution in [3.05, 3.63) is 35.4 Å². The number of fused-ring (bicyclic) bond motifs is 1. The summed E-state index contributed by atoms with van der Waals surface area (Å²) < 4.78 is 0. The Morgan fingerprint density at radius 3 is 2.79 bits per heavy atom. The van der Waals surface area contributed by atoms with Crippen LogP contribution in [-0.2, 0) is 13.0 Å². The average molecular weight is 258 g/mol. The molecule has 0 aromatic heterocycles. The summed E-state index contributed by atoms with van der Waals surface area (Å²) in [6, 6.07) is 10.4. The van der Waals surface area contributed by atoms with Gasteiger partial charge in [-0.25, -0.2) is 0 Å². The van der Waals surface area contributed by atoms with E-state index in [-0.39, 0.29) is 0 Å². The fourth-order valence-corrected chi connectivity index (χ4v) is 3.80. The Labute approximate surface area is 117 Å². The van der Waals surface area contributed by atoms with Crippen LogP contribution in [0.25, 0.3) is 0 Å². The molecular weight excluding hydrogens is 232 g/mol. The molecule has 2 saturated heterocycles. The van der Waals surface area contributed by atoms with Crippen LogP contribution in [0.1, 0.15) is 43.7 Å². The van der Waals surface area contributed by atoms with Gasteiger partial charge in [-0.3, -0.25) is 4.90 Å². The standard InChI is InChI=1S/C17H26N2/c1-2-14-7-3-4-8-15(14)13-18-16-10-12-19-11-6-5-9-17(16)19/h3-4,7-8,16-18H,2,5-6,9-13H2,1H3. The zero-order valence-electron chi connectivity index (χ0n) is 12.1. The zero-order valence-corrected chi connectivity index (χ0v) is 12.1. The molecule has 2 fully saturated rings. The van der Waals surface area contributed by atoms with Crippen molar-refractivity contribution in [1.29, 1.82) is 0 Å². The average Bonchev–Trinajstić information content (AvgIpc) is 2.89. The van der Waals surface area contributed by atoms with Gasteiger partial charge < -0.3 is 5.32 Å². The van der Waals surface area contributed by atoms with Crippen LogP contribution in [0.2, 0.25) is 0 Å². The quantitative estimate of drug-likeness (QED) is 0.893. The van der Waals surface area contributed by atoms with Crippen LogP contribution in [0.4, 0.5) is 0 Å². The molecule has 2 atom stereocenters. The summed E-state index contributed by atoms with van der Waals surface area (Å²) in [5, 5.41) is 3.83. The highest BCUT2D eigenvalue weighted by Gasteiger charge is 2.34. The van der Waals surface area contributed by atoms with Crippen LogP contribution in [0, 0.1) is 0 Å². The van der Waals surface area contributed by atoms with Gasteiger partial charge in [0.25, 0.3) is 0 Å². The van der Waals surface area contributed by atoms with Gasteiger partial charge in [0.1, 0.15) is 0 Å². The van der Waals surface area contributed by atoms with Gasteiger partial charge in [0, 0.05) is 25.2 Å². The van der Waals surface area contributed by atoms with Gasteiger partial charge in [0.05, 0.1) is 0 Å². The molecule has 2 unspecified atom stereocenters. The molecule has 3 rings (SSSR count). The third kappa shape index (κ3) is 2.85. The van der Waals surface area contributed by atoms with E-state index >= 15 is 0 Å². The minimum Gasteiger partial charge on any atom is -0.308 e. The molecule has 2 aliphatic heterocycles. The van der Waals surface area contributed by atoms with Crippen molar-refractivity contribution in [3.63, 3.8) is 0 Å². The highest BCUT2D eigenvalue weighted by Crippen LogP contribution is 2.27. The van der Waals surface area contributed by atoms with E-state index in [0.717, 1.165) is 19.0 Å². The van der Waals surface area contributed by atoms with Crippen LogP contribution < -0.4 is 5.32 Å². The number of hydrogen-bond acceptors (Lipinski definition) is 2. The van der Waals surface area contributed by atoms with Crippen molar-refractivity contribution >= 4 is 0 Å². The molecule has 2 heteroatoms. The van der Waals surface area contributed by atoms with Crippen LogP contribution in [0.5, 0.6) is 0 Å². The maximum atomic E-state index is 3.83. The van der Waals surface area contributed by atoms with Gasteiger partial charge in [-0.15, -0.1) is 0 Å². The van der Waals surface area contributed by atoms with Gasteiger partial charge in [0.2, 0.25) is 0 Å². The third-order valence-corrected chi connectivity index (χ3v) is 4.91. The minimum atomic E-state index is 0.713. The molecule has 0 amide bonds. The number of aryl methyl sites for hydroxylation is 1. The van der Waals surface area contributed by atoms with E-state index in [2.05, 4.69) is 41.4 Å². The zero-order chi connectivity index (χ0) is 13.1. The summed E-state index contributed by atoms with van der Waals surface area (Å²) in [4.78, 5) is 2.70. The maximum absolute atomic E-state index is 3.83. The number of nitrogens with zero attached hydrogens (tertiary/aromatic N) is 1. The molecule has 1 aromatic rings. The first kappa shape index (κ1) is 13.1. The van der Waals surface area contributed by atoms with Gasteiger partial charge in [-0.1, -0.05) is 37.6 Å². The van der Waals surface area contributed by atoms with E-state index in [9.17, 15) is 0 Å². The van der Waals surface area contributed by atoms with Crippen molar-refractivity contribution in [3.8, 4) is 0 Å². The summed E-state index contributed by atoms with van der Waals surface area (Å²) >= 11 is 0. The molecule has 1 aromatic carbocycles. The Kier molecular flexibility index (Phi) is 4.19. The normalized spacial score (nSPS) is 27.4. The number of hydrogen-bond donors (Lipinski definition) is 1. The second-order valence-corrected chi connectivity index (χ2v) is 6.00. The lowest BCUT2D eigenvalue weighted by Crippen LogP contribution is -2.44. The summed E-state index contributed by atoms with van der Waals surface area (Å²) in [6.07, 6.45) is 6.69. The summed E-state index contributed by atoms with van der Waals surface area (Å²) in [5.74, 6) is 0. The fourth-order valence-electron chi connectivity index (χ4n) is 3.80. The van der Waals surface area contributed by atoms with Crippen molar-refractivity contribution < 1.29 is 0 Å². The molecule has 0 radical (unpaired) electrons. The molecule has 1 N–H and O–H groups in total. The number of piperidine rings is 1. The number of nitrogens with one attached hydrogen (secondary N) is 1. The summed E-state index contributed by atoms with van der Waals surface area (Å²) in [6.45, 7) is 5.92. The van der Waals surface area contributed by atoms with Crippen LogP contribution in [0.15, 0.2) is 24.3 Å². The smallest absolute Gasteiger partial charge is 0.0249 e. The topological polar surface area (TPSA) is 15.3 Å². The molecule has 2 heterocycles. The highest BCUT2D eigenvalue weighted by atomic mass is 15.2. The van der Waals surface area contributed by atoms with Crippen LogP contribution >= 0.6 is 0 Å². The van der Waals surface area contributed by atoms with Crippen molar-refractivity contribution in [2.75, 3.05) is 13.1 Å². The first-order valence-electron chi connectivity index (χ1n) is 7.92. The molecule has 2 nitrogen and oxygen atoms in total. The Morgan fingerprint density at radius 2 is 1.95 bits per heavy atom. The Hall–Kier alpha value is -0.860. The summed E-state index contributed by atoms with van der Waals surface area (Å²) in [7, 11) is 0. The van der Waals surface area contributed by atoms with Crippen molar-refractivity contribution in [2.45, 2.75) is 57.7 Å².